The predicted octanol–water partition coefficient (Wildman–Crippen LogP) is 3.62. The predicted molar refractivity (Wildman–Crippen MR) is 130 cm³/mol. The van der Waals surface area contributed by atoms with Crippen molar-refractivity contribution in [2.24, 2.45) is 0 Å². The summed E-state index contributed by atoms with van der Waals surface area (Å²) in [6.07, 6.45) is 2.09. The normalized spacial score (nSPS) is 14.1. The van der Waals surface area contributed by atoms with E-state index in [9.17, 15) is 14.4 Å². The smallest absolute Gasteiger partial charge is 0.243 e. The molecule has 2 amide bonds. The van der Waals surface area contributed by atoms with E-state index in [4.69, 9.17) is 4.74 Å². The molecule has 6 nitrogen and oxygen atoms in total. The third kappa shape index (κ3) is 10.00. The quantitative estimate of drug-likeness (QED) is 0.482. The van der Waals surface area contributed by atoms with Crippen LogP contribution in [0.4, 0.5) is 0 Å². The topological polar surface area (TPSA) is 84.5 Å². The first-order valence-corrected chi connectivity index (χ1v) is 11.5. The number of hydrogen-bond donors (Lipinski definition) is 2. The summed E-state index contributed by atoms with van der Waals surface area (Å²) in [5.74, 6) is -0.589. The molecular formula is C27H36N2O4. The van der Waals surface area contributed by atoms with Gasteiger partial charge in [-0.1, -0.05) is 60.7 Å². The summed E-state index contributed by atoms with van der Waals surface area (Å²) >= 11 is 0. The molecular weight excluding hydrogens is 416 g/mol. The van der Waals surface area contributed by atoms with Crippen LogP contribution >= 0.6 is 0 Å². The average Bonchev–Trinajstić information content (AvgIpc) is 2.78. The molecule has 0 aliphatic heterocycles. The van der Waals surface area contributed by atoms with Gasteiger partial charge in [-0.15, -0.1) is 0 Å². The summed E-state index contributed by atoms with van der Waals surface area (Å²) in [5.41, 5.74) is 1.68. The highest BCUT2D eigenvalue weighted by Crippen LogP contribution is 2.13. The van der Waals surface area contributed by atoms with Gasteiger partial charge in [-0.3, -0.25) is 9.59 Å². The van der Waals surface area contributed by atoms with Gasteiger partial charge in [-0.05, 0) is 58.1 Å². The lowest BCUT2D eigenvalue weighted by molar-refractivity contribution is -0.133. The number of nitrogens with one attached hydrogen (secondary N) is 2. The van der Waals surface area contributed by atoms with Crippen molar-refractivity contribution in [2.75, 3.05) is 0 Å². The van der Waals surface area contributed by atoms with Crippen molar-refractivity contribution in [2.45, 2.75) is 77.2 Å². The van der Waals surface area contributed by atoms with Crippen LogP contribution in [0.2, 0.25) is 0 Å². The first-order valence-electron chi connectivity index (χ1n) is 11.5. The number of carbonyl (C=O) groups excluding carboxylic acids is 3. The first kappa shape index (κ1) is 26.3. The Kier molecular flexibility index (Phi) is 10.3. The zero-order valence-electron chi connectivity index (χ0n) is 20.0. The van der Waals surface area contributed by atoms with E-state index < -0.39 is 23.8 Å². The summed E-state index contributed by atoms with van der Waals surface area (Å²) in [7, 11) is 0. The van der Waals surface area contributed by atoms with Crippen LogP contribution in [0.3, 0.4) is 0 Å². The van der Waals surface area contributed by atoms with Crippen molar-refractivity contribution in [1.29, 1.82) is 0 Å². The fourth-order valence-electron chi connectivity index (χ4n) is 3.55. The van der Waals surface area contributed by atoms with Gasteiger partial charge in [0, 0.05) is 6.42 Å². The van der Waals surface area contributed by atoms with Crippen LogP contribution in [0.5, 0.6) is 0 Å². The molecule has 0 fully saturated rings. The van der Waals surface area contributed by atoms with Crippen LogP contribution in [0.15, 0.2) is 60.7 Å². The average molecular weight is 453 g/mol. The number of carbonyl (C=O) groups is 3. The molecule has 0 unspecified atom stereocenters. The first-order chi connectivity index (χ1) is 15.7. The maximum atomic E-state index is 13.1. The molecule has 0 aromatic heterocycles. The van der Waals surface area contributed by atoms with Gasteiger partial charge in [0.05, 0.1) is 11.7 Å². The fraction of sp³-hybridized carbons (Fsp3) is 0.444. The lowest BCUT2D eigenvalue weighted by atomic mass is 10.0. The van der Waals surface area contributed by atoms with Crippen LogP contribution < -0.4 is 10.6 Å². The second kappa shape index (κ2) is 12.9. The van der Waals surface area contributed by atoms with Gasteiger partial charge in [0.25, 0.3) is 0 Å². The summed E-state index contributed by atoms with van der Waals surface area (Å²) in [6, 6.07) is 18.0. The van der Waals surface area contributed by atoms with Gasteiger partial charge in [-0.25, -0.2) is 0 Å². The molecule has 0 aliphatic carbocycles. The monoisotopic (exact) mass is 452 g/mol. The molecule has 0 aliphatic rings. The SMILES string of the molecule is C[C@@H](OC(C)(C)C)[C@@H](C=O)NC(=O)[C@H](CCc1ccccc1)NC(=O)CCc1ccccc1. The third-order valence-electron chi connectivity index (χ3n) is 5.20. The van der Waals surface area contributed by atoms with Crippen LogP contribution in [-0.2, 0) is 32.0 Å². The van der Waals surface area contributed by atoms with Gasteiger partial charge in [0.1, 0.15) is 18.4 Å². The van der Waals surface area contributed by atoms with E-state index in [1.807, 2.05) is 81.4 Å². The number of aldehydes is 1. The van der Waals surface area contributed by atoms with Crippen LogP contribution in [-0.4, -0.2) is 41.9 Å². The summed E-state index contributed by atoms with van der Waals surface area (Å²) in [4.78, 5) is 37.4. The number of amides is 2. The van der Waals surface area contributed by atoms with Gasteiger partial charge >= 0.3 is 0 Å². The van der Waals surface area contributed by atoms with E-state index in [0.717, 1.165) is 11.1 Å². The maximum absolute atomic E-state index is 13.1. The highest BCUT2D eigenvalue weighted by molar-refractivity contribution is 5.89. The fourth-order valence-corrected chi connectivity index (χ4v) is 3.55. The second-order valence-corrected chi connectivity index (χ2v) is 9.24. The zero-order valence-corrected chi connectivity index (χ0v) is 20.0. The van der Waals surface area contributed by atoms with Crippen molar-refractivity contribution in [3.63, 3.8) is 0 Å². The Balaban J connectivity index is 2.03. The summed E-state index contributed by atoms with van der Waals surface area (Å²) in [6.45, 7) is 7.43. The Bertz CT molecular complexity index is 878. The number of hydrogen-bond acceptors (Lipinski definition) is 4. The van der Waals surface area contributed by atoms with Crippen molar-refractivity contribution in [1.82, 2.24) is 10.6 Å². The number of rotatable bonds is 12. The minimum absolute atomic E-state index is 0.200. The summed E-state index contributed by atoms with van der Waals surface area (Å²) in [5, 5.41) is 5.62. The molecule has 0 heterocycles. The largest absolute Gasteiger partial charge is 0.370 e. The zero-order chi connectivity index (χ0) is 24.3. The van der Waals surface area contributed by atoms with Crippen molar-refractivity contribution in [3.05, 3.63) is 71.8 Å². The summed E-state index contributed by atoms with van der Waals surface area (Å²) < 4.78 is 5.84. The molecule has 178 valence electrons. The Hall–Kier alpha value is -2.99. The number of ether oxygens (including phenoxy) is 1. The molecule has 2 aromatic rings. The second-order valence-electron chi connectivity index (χ2n) is 9.24. The Morgan fingerprint density at radius 1 is 0.909 bits per heavy atom. The molecule has 6 heteroatoms. The standard InChI is InChI=1S/C27H36N2O4/c1-20(33-27(2,3)4)24(19-30)29-26(32)23(17-15-21-11-7-5-8-12-21)28-25(31)18-16-22-13-9-6-10-14-22/h5-14,19-20,23-24H,15-18H2,1-4H3,(H,28,31)(H,29,32)/t20-,23+,24-/m1/s1. The van der Waals surface area contributed by atoms with E-state index in [0.29, 0.717) is 25.5 Å². The van der Waals surface area contributed by atoms with Crippen molar-refractivity contribution < 1.29 is 19.1 Å². The van der Waals surface area contributed by atoms with E-state index in [1.54, 1.807) is 6.92 Å². The van der Waals surface area contributed by atoms with Gasteiger partial charge in [-0.2, -0.15) is 0 Å². The highest BCUT2D eigenvalue weighted by atomic mass is 16.5. The lowest BCUT2D eigenvalue weighted by Gasteiger charge is -2.29. The molecule has 0 bridgehead atoms. The Morgan fingerprint density at radius 2 is 1.45 bits per heavy atom. The van der Waals surface area contributed by atoms with E-state index in [2.05, 4.69) is 10.6 Å². The molecule has 0 saturated heterocycles. The van der Waals surface area contributed by atoms with Crippen LogP contribution in [0, 0.1) is 0 Å². The third-order valence-corrected chi connectivity index (χ3v) is 5.20. The molecule has 33 heavy (non-hydrogen) atoms. The molecule has 0 spiro atoms. The molecule has 0 saturated carbocycles. The molecule has 3 atom stereocenters. The molecule has 2 N–H and O–H groups in total. The van der Waals surface area contributed by atoms with E-state index in [1.165, 1.54) is 0 Å². The van der Waals surface area contributed by atoms with Crippen molar-refractivity contribution >= 4 is 18.1 Å². The number of aryl methyl sites for hydroxylation is 2. The molecule has 0 radical (unpaired) electrons. The Morgan fingerprint density at radius 3 is 1.97 bits per heavy atom. The number of benzene rings is 2. The van der Waals surface area contributed by atoms with Gasteiger partial charge < -0.3 is 20.2 Å². The minimum Gasteiger partial charge on any atom is -0.370 e. The maximum Gasteiger partial charge on any atom is 0.243 e. The van der Waals surface area contributed by atoms with Crippen molar-refractivity contribution in [3.8, 4) is 0 Å². The Labute approximate surface area is 197 Å². The van der Waals surface area contributed by atoms with E-state index >= 15 is 0 Å². The van der Waals surface area contributed by atoms with Gasteiger partial charge in [0.15, 0.2) is 0 Å². The molecule has 2 rings (SSSR count). The van der Waals surface area contributed by atoms with Gasteiger partial charge in [0.2, 0.25) is 11.8 Å². The van der Waals surface area contributed by atoms with E-state index in [-0.39, 0.29) is 18.2 Å². The lowest BCUT2D eigenvalue weighted by Crippen LogP contribution is -2.54. The highest BCUT2D eigenvalue weighted by Gasteiger charge is 2.28. The van der Waals surface area contributed by atoms with Crippen LogP contribution in [0.1, 0.15) is 51.7 Å². The minimum atomic E-state index is -0.808. The molecule has 2 aromatic carbocycles. The van der Waals surface area contributed by atoms with Crippen LogP contribution in [0.25, 0.3) is 0 Å².